The Balaban J connectivity index is 1.65. The third-order valence-corrected chi connectivity index (χ3v) is 5.43. The second kappa shape index (κ2) is 10.2. The molecule has 0 aliphatic carbocycles. The first-order valence-corrected chi connectivity index (χ1v) is 11.2. The van der Waals surface area contributed by atoms with Crippen LogP contribution in [0.1, 0.15) is 34.2 Å². The molecule has 0 unspecified atom stereocenters. The van der Waals surface area contributed by atoms with Crippen molar-refractivity contribution >= 4 is 23.3 Å². The Morgan fingerprint density at radius 1 is 0.838 bits per heavy atom. The lowest BCUT2D eigenvalue weighted by Gasteiger charge is -2.13. The molecule has 0 saturated carbocycles. The molecule has 1 aromatic carbocycles. The summed E-state index contributed by atoms with van der Waals surface area (Å²) in [7, 11) is 0. The number of nitrogens with zero attached hydrogens (tertiary/aromatic N) is 3. The quantitative estimate of drug-likeness (QED) is 0.344. The van der Waals surface area contributed by atoms with E-state index < -0.39 is 17.8 Å². The van der Waals surface area contributed by atoms with Gasteiger partial charge in [0.15, 0.2) is 0 Å². The lowest BCUT2D eigenvalue weighted by molar-refractivity contribution is -0.141. The molecule has 0 fully saturated rings. The molecule has 0 radical (unpaired) electrons. The third kappa shape index (κ3) is 6.16. The molecular weight excluding hydrogens is 483 g/mol. The van der Waals surface area contributed by atoms with Crippen molar-refractivity contribution in [3.63, 3.8) is 0 Å². The number of carbonyl (C=O) groups excluding carboxylic acids is 2. The number of halogens is 3. The first kappa shape index (κ1) is 25.5. The highest BCUT2D eigenvalue weighted by molar-refractivity contribution is 6.04. The van der Waals surface area contributed by atoms with Gasteiger partial charge in [-0.1, -0.05) is 6.07 Å². The number of nitrogens with one attached hydrogen (secondary N) is 2. The Morgan fingerprint density at radius 2 is 1.59 bits per heavy atom. The van der Waals surface area contributed by atoms with E-state index in [9.17, 15) is 22.8 Å². The van der Waals surface area contributed by atoms with Gasteiger partial charge in [-0.05, 0) is 79.1 Å². The zero-order valence-corrected chi connectivity index (χ0v) is 20.1. The van der Waals surface area contributed by atoms with E-state index in [1.807, 2.05) is 32.0 Å². The summed E-state index contributed by atoms with van der Waals surface area (Å²) in [5.74, 6) is -0.518. The fourth-order valence-corrected chi connectivity index (χ4v) is 3.75. The molecule has 0 aliphatic rings. The minimum Gasteiger partial charge on any atom is -0.322 e. The molecular formula is C27H22F3N5O2. The maximum Gasteiger partial charge on any atom is 0.433 e. The van der Waals surface area contributed by atoms with Crippen LogP contribution in [0.15, 0.2) is 67.0 Å². The minimum atomic E-state index is -4.65. The van der Waals surface area contributed by atoms with Gasteiger partial charge in [-0.15, -0.1) is 0 Å². The summed E-state index contributed by atoms with van der Waals surface area (Å²) < 4.78 is 39.0. The lowest BCUT2D eigenvalue weighted by atomic mass is 9.98. The second-order valence-corrected chi connectivity index (χ2v) is 8.40. The van der Waals surface area contributed by atoms with Gasteiger partial charge in [0.25, 0.3) is 5.91 Å². The molecule has 10 heteroatoms. The van der Waals surface area contributed by atoms with Gasteiger partial charge >= 0.3 is 6.18 Å². The lowest BCUT2D eigenvalue weighted by Crippen LogP contribution is -2.15. The van der Waals surface area contributed by atoms with Crippen molar-refractivity contribution in [3.8, 4) is 22.4 Å². The maximum absolute atomic E-state index is 13.0. The number of carbonyl (C=O) groups is 2. The Bertz CT molecular complexity index is 1500. The topological polar surface area (TPSA) is 96.9 Å². The molecule has 3 aromatic heterocycles. The highest BCUT2D eigenvalue weighted by Gasteiger charge is 2.33. The largest absolute Gasteiger partial charge is 0.433 e. The summed E-state index contributed by atoms with van der Waals surface area (Å²) in [5, 5.41) is 5.31. The summed E-state index contributed by atoms with van der Waals surface area (Å²) in [6.07, 6.45) is -2.12. The van der Waals surface area contributed by atoms with Gasteiger partial charge in [-0.2, -0.15) is 13.2 Å². The molecule has 4 rings (SSSR count). The summed E-state index contributed by atoms with van der Waals surface area (Å²) >= 11 is 0. The normalized spacial score (nSPS) is 11.2. The number of aromatic nitrogens is 3. The van der Waals surface area contributed by atoms with Gasteiger partial charge in [-0.25, -0.2) is 4.98 Å². The summed E-state index contributed by atoms with van der Waals surface area (Å²) in [6, 6.07) is 14.5. The van der Waals surface area contributed by atoms with Gasteiger partial charge < -0.3 is 10.6 Å². The smallest absolute Gasteiger partial charge is 0.322 e. The van der Waals surface area contributed by atoms with E-state index in [1.54, 1.807) is 30.5 Å². The molecule has 0 bridgehead atoms. The molecule has 3 heterocycles. The number of pyridine rings is 3. The van der Waals surface area contributed by atoms with Crippen LogP contribution in [0.3, 0.4) is 0 Å². The summed E-state index contributed by atoms with van der Waals surface area (Å²) in [4.78, 5) is 36.1. The van der Waals surface area contributed by atoms with Crippen LogP contribution in [0, 0.1) is 13.8 Å². The van der Waals surface area contributed by atoms with Crippen LogP contribution in [0.4, 0.5) is 24.7 Å². The van der Waals surface area contributed by atoms with Gasteiger partial charge in [0.2, 0.25) is 5.91 Å². The van der Waals surface area contributed by atoms with Crippen molar-refractivity contribution in [3.05, 3.63) is 89.5 Å². The predicted molar refractivity (Wildman–Crippen MR) is 134 cm³/mol. The monoisotopic (exact) mass is 505 g/mol. The molecule has 4 aromatic rings. The van der Waals surface area contributed by atoms with Crippen LogP contribution >= 0.6 is 0 Å². The van der Waals surface area contributed by atoms with E-state index in [2.05, 4.69) is 25.6 Å². The van der Waals surface area contributed by atoms with Crippen molar-refractivity contribution in [1.82, 2.24) is 15.0 Å². The highest BCUT2D eigenvalue weighted by atomic mass is 19.4. The van der Waals surface area contributed by atoms with E-state index in [0.717, 1.165) is 34.1 Å². The molecule has 2 N–H and O–H groups in total. The van der Waals surface area contributed by atoms with E-state index in [0.29, 0.717) is 23.3 Å². The molecule has 0 atom stereocenters. The van der Waals surface area contributed by atoms with Crippen molar-refractivity contribution < 1.29 is 22.8 Å². The molecule has 188 valence electrons. The number of hydrogen-bond donors (Lipinski definition) is 2. The number of rotatable bonds is 5. The van der Waals surface area contributed by atoms with E-state index >= 15 is 0 Å². The van der Waals surface area contributed by atoms with Crippen LogP contribution in [-0.2, 0) is 11.0 Å². The van der Waals surface area contributed by atoms with Gasteiger partial charge in [0.1, 0.15) is 11.5 Å². The Labute approximate surface area is 210 Å². The molecule has 0 saturated heterocycles. The number of alkyl halides is 3. The number of benzene rings is 1. The van der Waals surface area contributed by atoms with Gasteiger partial charge in [-0.3, -0.25) is 19.6 Å². The number of amides is 2. The first-order valence-electron chi connectivity index (χ1n) is 11.2. The van der Waals surface area contributed by atoms with E-state index in [-0.39, 0.29) is 11.5 Å². The van der Waals surface area contributed by atoms with Crippen molar-refractivity contribution in [2.24, 2.45) is 0 Å². The highest BCUT2D eigenvalue weighted by Crippen LogP contribution is 2.31. The standard InChI is InChI=1S/C27H22F3N5O2/c1-15-4-5-21(35-26(37)19-7-8-31-24(12-19)27(28,29)30)14-22(15)20-10-16(2)33-23(11-20)18-6-9-32-25(13-18)34-17(3)36/h4-14H,1-3H3,(H,35,37)(H,32,34,36). The number of anilines is 2. The molecule has 0 spiro atoms. The molecule has 0 aliphatic heterocycles. The van der Waals surface area contributed by atoms with E-state index in [4.69, 9.17) is 0 Å². The number of hydrogen-bond acceptors (Lipinski definition) is 5. The van der Waals surface area contributed by atoms with Crippen LogP contribution in [0.5, 0.6) is 0 Å². The molecule has 37 heavy (non-hydrogen) atoms. The van der Waals surface area contributed by atoms with Crippen LogP contribution in [0.2, 0.25) is 0 Å². The average Bonchev–Trinajstić information content (AvgIpc) is 2.84. The Kier molecular flexibility index (Phi) is 7.01. The van der Waals surface area contributed by atoms with Crippen molar-refractivity contribution in [2.75, 3.05) is 10.6 Å². The Hall–Kier alpha value is -4.60. The number of aryl methyl sites for hydroxylation is 2. The zero-order chi connectivity index (χ0) is 26.7. The van der Waals surface area contributed by atoms with E-state index in [1.165, 1.54) is 13.0 Å². The first-order chi connectivity index (χ1) is 17.5. The van der Waals surface area contributed by atoms with Gasteiger partial charge in [0, 0.05) is 41.8 Å². The van der Waals surface area contributed by atoms with Gasteiger partial charge in [0.05, 0.1) is 5.69 Å². The molecule has 7 nitrogen and oxygen atoms in total. The fourth-order valence-electron chi connectivity index (χ4n) is 3.75. The van der Waals surface area contributed by atoms with Crippen molar-refractivity contribution in [1.29, 1.82) is 0 Å². The second-order valence-electron chi connectivity index (χ2n) is 8.40. The SMILES string of the molecule is CC(=O)Nc1cc(-c2cc(-c3cc(NC(=O)c4ccnc(C(F)(F)F)c4)ccc3C)cc(C)n2)ccn1. The predicted octanol–water partition coefficient (Wildman–Crippen LogP) is 6.05. The van der Waals surface area contributed by atoms with Crippen LogP contribution in [-0.4, -0.2) is 26.8 Å². The maximum atomic E-state index is 13.0. The van der Waals surface area contributed by atoms with Crippen LogP contribution in [0.25, 0.3) is 22.4 Å². The van der Waals surface area contributed by atoms with Crippen molar-refractivity contribution in [2.45, 2.75) is 26.9 Å². The van der Waals surface area contributed by atoms with Crippen LogP contribution < -0.4 is 10.6 Å². The fraction of sp³-hybridized carbons (Fsp3) is 0.148. The minimum absolute atomic E-state index is 0.154. The third-order valence-electron chi connectivity index (χ3n) is 5.43. The summed E-state index contributed by atoms with van der Waals surface area (Å²) in [6.45, 7) is 5.16. The average molecular weight is 506 g/mol. The zero-order valence-electron chi connectivity index (χ0n) is 20.1. The molecule has 2 amide bonds. The Morgan fingerprint density at radius 3 is 2.32 bits per heavy atom. The summed E-state index contributed by atoms with van der Waals surface area (Å²) in [5.41, 5.74) is 3.86.